The molecule has 0 unspecified atom stereocenters. The first-order valence-electron chi connectivity index (χ1n) is 7.77. The van der Waals surface area contributed by atoms with Crippen LogP contribution in [0.2, 0.25) is 10.0 Å². The van der Waals surface area contributed by atoms with Crippen LogP contribution in [0.15, 0.2) is 35.7 Å². The molecule has 0 fully saturated rings. The van der Waals surface area contributed by atoms with Crippen molar-refractivity contribution in [3.8, 4) is 5.75 Å². The van der Waals surface area contributed by atoms with Crippen LogP contribution in [-0.2, 0) is 19.0 Å². The molecule has 0 bridgehead atoms. The Morgan fingerprint density at radius 2 is 2.15 bits per heavy atom. The third-order valence-corrected chi connectivity index (χ3v) is 5.00. The average Bonchev–Trinajstić information content (AvgIpc) is 3.25. The highest BCUT2D eigenvalue weighted by atomic mass is 35.5. The van der Waals surface area contributed by atoms with Crippen molar-refractivity contribution < 1.29 is 9.66 Å². The van der Waals surface area contributed by atoms with Crippen LogP contribution < -0.4 is 4.74 Å². The maximum atomic E-state index is 10.7. The molecule has 0 atom stereocenters. The van der Waals surface area contributed by atoms with Crippen molar-refractivity contribution in [1.82, 2.24) is 24.5 Å². The molecule has 9 nitrogen and oxygen atoms in total. The number of ether oxygens (including phenoxy) is 1. The van der Waals surface area contributed by atoms with Gasteiger partial charge in [-0.2, -0.15) is 5.10 Å². The third-order valence-electron chi connectivity index (χ3n) is 3.52. The van der Waals surface area contributed by atoms with Crippen molar-refractivity contribution in [3.63, 3.8) is 0 Å². The molecule has 0 saturated carbocycles. The third kappa shape index (κ3) is 4.71. The highest BCUT2D eigenvalue weighted by Gasteiger charge is 2.14. The van der Waals surface area contributed by atoms with Gasteiger partial charge < -0.3 is 9.30 Å². The second-order valence-corrected chi connectivity index (χ2v) is 7.03. The minimum absolute atomic E-state index is 0.0542. The first-order valence-corrected chi connectivity index (χ1v) is 9.51. The molecule has 27 heavy (non-hydrogen) atoms. The van der Waals surface area contributed by atoms with Gasteiger partial charge in [-0.1, -0.05) is 35.0 Å². The van der Waals surface area contributed by atoms with E-state index in [1.54, 1.807) is 18.2 Å². The monoisotopic (exact) mass is 428 g/mol. The summed E-state index contributed by atoms with van der Waals surface area (Å²) in [4.78, 5) is 10.2. The zero-order valence-corrected chi connectivity index (χ0v) is 16.4. The standard InChI is InChI=1S/C15H14Cl2N6O3S/c1-2-22-14(8-26-13-4-3-10(16)5-12(13)17)19-20-15(22)27-9-21-7-11(6-18-21)23(24)25/h3-7H,2,8-9H2,1H3. The number of hydrogen-bond acceptors (Lipinski definition) is 7. The SMILES string of the molecule is CCn1c(COc2ccc(Cl)cc2Cl)nnc1SCn1cc([N+](=O)[O-])cn1. The van der Waals surface area contributed by atoms with E-state index >= 15 is 0 Å². The zero-order chi connectivity index (χ0) is 19.4. The van der Waals surface area contributed by atoms with Gasteiger partial charge >= 0.3 is 5.69 Å². The molecule has 0 radical (unpaired) electrons. The van der Waals surface area contributed by atoms with Crippen molar-refractivity contribution in [2.24, 2.45) is 0 Å². The lowest BCUT2D eigenvalue weighted by Gasteiger charge is -2.10. The molecule has 0 aliphatic carbocycles. The molecule has 0 N–H and O–H groups in total. The predicted molar refractivity (Wildman–Crippen MR) is 101 cm³/mol. The largest absolute Gasteiger partial charge is 0.484 e. The fourth-order valence-electron chi connectivity index (χ4n) is 2.23. The Morgan fingerprint density at radius 3 is 2.81 bits per heavy atom. The van der Waals surface area contributed by atoms with Gasteiger partial charge in [0.25, 0.3) is 0 Å². The quantitative estimate of drug-likeness (QED) is 0.303. The van der Waals surface area contributed by atoms with Crippen LogP contribution >= 0.6 is 35.0 Å². The molecular weight excluding hydrogens is 415 g/mol. The summed E-state index contributed by atoms with van der Waals surface area (Å²) in [7, 11) is 0. The van der Waals surface area contributed by atoms with Crippen molar-refractivity contribution in [2.75, 3.05) is 0 Å². The Hall–Kier alpha value is -2.30. The maximum absolute atomic E-state index is 10.7. The molecule has 2 aromatic heterocycles. The summed E-state index contributed by atoms with van der Waals surface area (Å²) in [6.07, 6.45) is 2.58. The number of nitro groups is 1. The van der Waals surface area contributed by atoms with Crippen LogP contribution in [0.5, 0.6) is 5.75 Å². The van der Waals surface area contributed by atoms with Crippen molar-refractivity contribution in [1.29, 1.82) is 0 Å². The highest BCUT2D eigenvalue weighted by Crippen LogP contribution is 2.28. The van der Waals surface area contributed by atoms with E-state index < -0.39 is 4.92 Å². The topological polar surface area (TPSA) is 101 Å². The van der Waals surface area contributed by atoms with Gasteiger partial charge in [0, 0.05) is 11.6 Å². The highest BCUT2D eigenvalue weighted by molar-refractivity contribution is 7.98. The number of nitrogens with zero attached hydrogens (tertiary/aromatic N) is 6. The van der Waals surface area contributed by atoms with Crippen molar-refractivity contribution in [3.05, 3.63) is 56.6 Å². The van der Waals surface area contributed by atoms with Gasteiger partial charge in [0.2, 0.25) is 0 Å². The Kier molecular flexibility index (Phi) is 6.19. The Labute approximate surface area is 168 Å². The minimum atomic E-state index is -0.486. The Morgan fingerprint density at radius 1 is 1.33 bits per heavy atom. The van der Waals surface area contributed by atoms with Crippen LogP contribution in [0.3, 0.4) is 0 Å². The number of halogens is 2. The van der Waals surface area contributed by atoms with E-state index in [1.807, 2.05) is 11.5 Å². The van der Waals surface area contributed by atoms with Crippen molar-refractivity contribution in [2.45, 2.75) is 31.1 Å². The molecule has 142 valence electrons. The number of benzene rings is 1. The van der Waals surface area contributed by atoms with Crippen molar-refractivity contribution >= 4 is 40.7 Å². The molecule has 0 amide bonds. The first-order chi connectivity index (χ1) is 13.0. The summed E-state index contributed by atoms with van der Waals surface area (Å²) in [6, 6.07) is 4.99. The van der Waals surface area contributed by atoms with Gasteiger partial charge in [-0.3, -0.25) is 14.8 Å². The Balaban J connectivity index is 1.65. The van der Waals surface area contributed by atoms with E-state index in [-0.39, 0.29) is 12.3 Å². The lowest BCUT2D eigenvalue weighted by molar-refractivity contribution is -0.385. The summed E-state index contributed by atoms with van der Waals surface area (Å²) >= 11 is 13.3. The van der Waals surface area contributed by atoms with Gasteiger partial charge in [0.15, 0.2) is 11.0 Å². The average molecular weight is 429 g/mol. The summed E-state index contributed by atoms with van der Waals surface area (Å²) in [6.45, 7) is 2.79. The van der Waals surface area contributed by atoms with Gasteiger partial charge in [0.1, 0.15) is 24.8 Å². The van der Waals surface area contributed by atoms with Crippen LogP contribution in [0, 0.1) is 10.1 Å². The fourth-order valence-corrected chi connectivity index (χ4v) is 3.57. The van der Waals surface area contributed by atoms with E-state index in [1.165, 1.54) is 28.8 Å². The summed E-state index contributed by atoms with van der Waals surface area (Å²) < 4.78 is 9.08. The normalized spacial score (nSPS) is 10.9. The maximum Gasteiger partial charge on any atom is 0.307 e. The van der Waals surface area contributed by atoms with E-state index in [2.05, 4.69) is 15.3 Å². The number of hydrogen-bond donors (Lipinski definition) is 0. The molecule has 1 aromatic carbocycles. The second kappa shape index (κ2) is 8.59. The molecule has 2 heterocycles. The lowest BCUT2D eigenvalue weighted by atomic mass is 10.3. The van der Waals surface area contributed by atoms with Gasteiger partial charge in [-0.15, -0.1) is 10.2 Å². The van der Waals surface area contributed by atoms with Gasteiger partial charge in [-0.05, 0) is 25.1 Å². The van der Waals surface area contributed by atoms with E-state index in [9.17, 15) is 10.1 Å². The van der Waals surface area contributed by atoms with Gasteiger partial charge in [-0.25, -0.2) is 0 Å². The Bertz CT molecular complexity index is 961. The lowest BCUT2D eigenvalue weighted by Crippen LogP contribution is -2.07. The molecular formula is C15H14Cl2N6O3S. The van der Waals surface area contributed by atoms with Crippen LogP contribution in [-0.4, -0.2) is 29.5 Å². The molecule has 0 spiro atoms. The summed E-state index contributed by atoms with van der Waals surface area (Å²) in [5.74, 6) is 1.51. The first kappa shape index (κ1) is 19.5. The molecule has 0 saturated heterocycles. The van der Waals surface area contributed by atoms with Crippen LogP contribution in [0.25, 0.3) is 0 Å². The summed E-state index contributed by atoms with van der Waals surface area (Å²) in [5.41, 5.74) is -0.0542. The molecule has 0 aliphatic heterocycles. The van der Waals surface area contributed by atoms with E-state index in [0.717, 1.165) is 0 Å². The van der Waals surface area contributed by atoms with E-state index in [0.29, 0.717) is 39.2 Å². The van der Waals surface area contributed by atoms with Crippen LogP contribution in [0.4, 0.5) is 5.69 Å². The van der Waals surface area contributed by atoms with Crippen LogP contribution in [0.1, 0.15) is 12.7 Å². The number of aromatic nitrogens is 5. The molecule has 3 rings (SSSR count). The fraction of sp³-hybridized carbons (Fsp3) is 0.267. The minimum Gasteiger partial charge on any atom is -0.484 e. The molecule has 0 aliphatic rings. The van der Waals surface area contributed by atoms with Gasteiger partial charge in [0.05, 0.1) is 15.8 Å². The molecule has 12 heteroatoms. The smallest absolute Gasteiger partial charge is 0.307 e. The predicted octanol–water partition coefficient (Wildman–Crippen LogP) is 4.04. The number of thioether (sulfide) groups is 1. The van der Waals surface area contributed by atoms with E-state index in [4.69, 9.17) is 27.9 Å². The zero-order valence-electron chi connectivity index (χ0n) is 14.1. The second-order valence-electron chi connectivity index (χ2n) is 5.28. The molecule has 3 aromatic rings. The number of rotatable bonds is 8. The summed E-state index contributed by atoms with van der Waals surface area (Å²) in [5, 5.41) is 24.6.